The molecule has 0 saturated carbocycles. The van der Waals surface area contributed by atoms with Crippen molar-refractivity contribution in [1.29, 1.82) is 0 Å². The molecule has 1 amide bonds. The molecule has 4 nitrogen and oxygen atoms in total. The highest BCUT2D eigenvalue weighted by Gasteiger charge is 2.13. The van der Waals surface area contributed by atoms with E-state index in [0.717, 1.165) is 35.4 Å². The van der Waals surface area contributed by atoms with Gasteiger partial charge in [0.25, 0.3) is 0 Å². The number of benzene rings is 3. The quantitative estimate of drug-likeness (QED) is 0.496. The van der Waals surface area contributed by atoms with Crippen molar-refractivity contribution in [3.63, 3.8) is 0 Å². The number of carbonyl (C=O) groups is 1. The second-order valence-corrected chi connectivity index (χ2v) is 7.69. The zero-order valence-corrected chi connectivity index (χ0v) is 18.5. The van der Waals surface area contributed by atoms with E-state index in [0.29, 0.717) is 12.2 Å². The first-order valence-corrected chi connectivity index (χ1v) is 10.6. The molecule has 0 fully saturated rings. The number of nitrogens with zero attached hydrogens (tertiary/aromatic N) is 1. The van der Waals surface area contributed by atoms with Crippen LogP contribution < -0.4 is 10.5 Å². The van der Waals surface area contributed by atoms with Crippen molar-refractivity contribution in [2.75, 3.05) is 27.2 Å². The maximum absolute atomic E-state index is 11.5. The predicted molar refractivity (Wildman–Crippen MR) is 128 cm³/mol. The van der Waals surface area contributed by atoms with Crippen LogP contribution >= 0.6 is 0 Å². The van der Waals surface area contributed by atoms with E-state index in [1.165, 1.54) is 11.1 Å². The predicted octanol–water partition coefficient (Wildman–Crippen LogP) is 5.10. The molecule has 3 aromatic carbocycles. The molecule has 0 bridgehead atoms. The molecule has 0 saturated heterocycles. The van der Waals surface area contributed by atoms with Crippen LogP contribution in [0.25, 0.3) is 11.1 Å². The summed E-state index contributed by atoms with van der Waals surface area (Å²) < 4.78 is 5.86. The monoisotopic (exact) mass is 414 g/mol. The highest BCUT2D eigenvalue weighted by molar-refractivity contribution is 5.99. The molecule has 0 aliphatic rings. The van der Waals surface area contributed by atoms with Gasteiger partial charge < -0.3 is 15.4 Å². The van der Waals surface area contributed by atoms with E-state index in [1.54, 1.807) is 12.1 Å². The van der Waals surface area contributed by atoms with E-state index in [-0.39, 0.29) is 0 Å². The first-order chi connectivity index (χ1) is 15.0. The van der Waals surface area contributed by atoms with Gasteiger partial charge in [-0.2, -0.15) is 0 Å². The summed E-state index contributed by atoms with van der Waals surface area (Å²) in [6.07, 6.45) is 0.848. The van der Waals surface area contributed by atoms with Crippen molar-refractivity contribution in [3.05, 3.63) is 101 Å². The number of allylic oxidation sites excluding steroid dienone is 1. The summed E-state index contributed by atoms with van der Waals surface area (Å²) in [4.78, 5) is 13.6. The minimum absolute atomic E-state index is 0.415. The lowest BCUT2D eigenvalue weighted by molar-refractivity contribution is 0.100. The lowest BCUT2D eigenvalue weighted by atomic mass is 9.88. The molecule has 0 aliphatic carbocycles. The number of likely N-dealkylation sites (N-methyl/N-ethyl adjacent to an activating group) is 1. The van der Waals surface area contributed by atoms with Crippen LogP contribution in [0.2, 0.25) is 0 Å². The number of nitrogens with two attached hydrogens (primary N) is 1. The number of ether oxygens (including phenoxy) is 1. The van der Waals surface area contributed by atoms with Crippen molar-refractivity contribution in [2.45, 2.75) is 13.3 Å². The fraction of sp³-hybridized carbons (Fsp3) is 0.222. The average Bonchev–Trinajstić information content (AvgIpc) is 2.78. The molecule has 3 rings (SSSR count). The Bertz CT molecular complexity index is 1020. The van der Waals surface area contributed by atoms with Crippen molar-refractivity contribution in [3.8, 4) is 5.75 Å². The highest BCUT2D eigenvalue weighted by atomic mass is 16.5. The van der Waals surface area contributed by atoms with Gasteiger partial charge in [0, 0.05) is 12.1 Å². The lowest BCUT2D eigenvalue weighted by Crippen LogP contribution is -2.19. The molecule has 0 spiro atoms. The number of amides is 1. The normalized spacial score (nSPS) is 11.9. The summed E-state index contributed by atoms with van der Waals surface area (Å²) >= 11 is 0. The molecule has 0 aliphatic heterocycles. The van der Waals surface area contributed by atoms with Crippen molar-refractivity contribution >= 4 is 17.1 Å². The molecule has 4 heteroatoms. The van der Waals surface area contributed by atoms with Gasteiger partial charge in [-0.1, -0.05) is 61.5 Å². The second-order valence-electron chi connectivity index (χ2n) is 7.69. The van der Waals surface area contributed by atoms with Crippen LogP contribution in [0.4, 0.5) is 0 Å². The molecule has 0 heterocycles. The van der Waals surface area contributed by atoms with Crippen LogP contribution in [0.5, 0.6) is 5.75 Å². The minimum Gasteiger partial charge on any atom is -0.492 e. The number of hydrogen-bond acceptors (Lipinski definition) is 3. The van der Waals surface area contributed by atoms with E-state index in [9.17, 15) is 4.79 Å². The first-order valence-electron chi connectivity index (χ1n) is 10.6. The maximum atomic E-state index is 11.5. The molecule has 0 radical (unpaired) electrons. The van der Waals surface area contributed by atoms with Crippen molar-refractivity contribution in [2.24, 2.45) is 5.73 Å². The van der Waals surface area contributed by atoms with E-state index < -0.39 is 5.91 Å². The summed E-state index contributed by atoms with van der Waals surface area (Å²) in [6, 6.07) is 26.2. The summed E-state index contributed by atoms with van der Waals surface area (Å²) in [5, 5.41) is 0. The Morgan fingerprint density at radius 1 is 0.806 bits per heavy atom. The standard InChI is InChI=1S/C27H30N2O2/c1-4-25(20-10-12-23(13-11-20)27(28)30)26(21-8-6-5-7-9-21)22-14-16-24(17-15-22)31-19-18-29(2)3/h5-17H,4,18-19H2,1-3H3,(H2,28,30)/b26-25+. The number of primary amides is 1. The Kier molecular flexibility index (Phi) is 7.63. The Balaban J connectivity index is 2.02. The average molecular weight is 415 g/mol. The fourth-order valence-corrected chi connectivity index (χ4v) is 3.54. The summed E-state index contributed by atoms with van der Waals surface area (Å²) in [5.74, 6) is 0.448. The Labute approximate surface area is 185 Å². The van der Waals surface area contributed by atoms with Gasteiger partial charge in [0.15, 0.2) is 0 Å². The zero-order valence-electron chi connectivity index (χ0n) is 18.5. The van der Waals surface area contributed by atoms with E-state index in [4.69, 9.17) is 10.5 Å². The molecule has 2 N–H and O–H groups in total. The van der Waals surface area contributed by atoms with Gasteiger partial charge in [-0.25, -0.2) is 0 Å². The van der Waals surface area contributed by atoms with Crippen LogP contribution in [0.15, 0.2) is 78.9 Å². The highest BCUT2D eigenvalue weighted by Crippen LogP contribution is 2.35. The molecule has 0 atom stereocenters. The summed E-state index contributed by atoms with van der Waals surface area (Å²) in [6.45, 7) is 3.68. The summed E-state index contributed by atoms with van der Waals surface area (Å²) in [7, 11) is 4.07. The van der Waals surface area contributed by atoms with Gasteiger partial charge in [0.2, 0.25) is 5.91 Å². The second kappa shape index (κ2) is 10.6. The van der Waals surface area contributed by atoms with E-state index >= 15 is 0 Å². The SMILES string of the molecule is CC/C(=C(/c1ccccc1)c1ccc(OCCN(C)C)cc1)c1ccc(C(N)=O)cc1. The maximum Gasteiger partial charge on any atom is 0.248 e. The van der Waals surface area contributed by atoms with Crippen LogP contribution in [-0.4, -0.2) is 38.1 Å². The van der Waals surface area contributed by atoms with Crippen LogP contribution in [0, 0.1) is 0 Å². The molecular formula is C27H30N2O2. The third-order valence-corrected chi connectivity index (χ3v) is 5.19. The minimum atomic E-state index is -0.415. The topological polar surface area (TPSA) is 55.6 Å². The molecule has 3 aromatic rings. The smallest absolute Gasteiger partial charge is 0.248 e. The van der Waals surface area contributed by atoms with Crippen LogP contribution in [-0.2, 0) is 0 Å². The molecular weight excluding hydrogens is 384 g/mol. The Hall–Kier alpha value is -3.37. The zero-order chi connectivity index (χ0) is 22.2. The lowest BCUT2D eigenvalue weighted by Gasteiger charge is -2.17. The molecule has 31 heavy (non-hydrogen) atoms. The molecule has 160 valence electrons. The van der Waals surface area contributed by atoms with Gasteiger partial charge in [-0.15, -0.1) is 0 Å². The van der Waals surface area contributed by atoms with Gasteiger partial charge in [0.05, 0.1) is 0 Å². The van der Waals surface area contributed by atoms with Gasteiger partial charge >= 0.3 is 0 Å². The molecule has 0 unspecified atom stereocenters. The van der Waals surface area contributed by atoms with Gasteiger partial charge in [-0.05, 0) is 72.6 Å². The van der Waals surface area contributed by atoms with E-state index in [2.05, 4.69) is 48.2 Å². The van der Waals surface area contributed by atoms with E-state index in [1.807, 2.05) is 44.4 Å². The Morgan fingerprint density at radius 3 is 1.90 bits per heavy atom. The largest absolute Gasteiger partial charge is 0.492 e. The third-order valence-electron chi connectivity index (χ3n) is 5.19. The van der Waals surface area contributed by atoms with Crippen LogP contribution in [0.3, 0.4) is 0 Å². The van der Waals surface area contributed by atoms with Crippen LogP contribution in [0.1, 0.15) is 40.4 Å². The number of hydrogen-bond donors (Lipinski definition) is 1. The Morgan fingerprint density at radius 2 is 1.35 bits per heavy atom. The number of carbonyl (C=O) groups excluding carboxylic acids is 1. The first kappa shape index (κ1) is 22.3. The molecule has 0 aromatic heterocycles. The third kappa shape index (κ3) is 5.83. The van der Waals surface area contributed by atoms with Crippen molar-refractivity contribution < 1.29 is 9.53 Å². The summed E-state index contributed by atoms with van der Waals surface area (Å²) in [5.41, 5.74) is 11.7. The van der Waals surface area contributed by atoms with Crippen molar-refractivity contribution in [1.82, 2.24) is 4.90 Å². The van der Waals surface area contributed by atoms with Gasteiger partial charge in [-0.3, -0.25) is 4.79 Å². The fourth-order valence-electron chi connectivity index (χ4n) is 3.54. The van der Waals surface area contributed by atoms with Gasteiger partial charge in [0.1, 0.15) is 12.4 Å². The number of rotatable bonds is 9.